The van der Waals surface area contributed by atoms with Crippen molar-refractivity contribution in [2.24, 2.45) is 0 Å². The highest BCUT2D eigenvalue weighted by atomic mass is 16.5. The van der Waals surface area contributed by atoms with Gasteiger partial charge in [0.25, 0.3) is 6.47 Å². The van der Waals surface area contributed by atoms with Crippen LogP contribution >= 0.6 is 0 Å². The number of fused-ring (bicyclic) bond motifs is 12. The second-order valence-corrected chi connectivity index (χ2v) is 15.3. The molecule has 0 fully saturated rings. The van der Waals surface area contributed by atoms with Gasteiger partial charge in [-0.1, -0.05) is 105 Å². The summed E-state index contributed by atoms with van der Waals surface area (Å²) < 4.78 is 7.38. The minimum Gasteiger partial charge on any atom is -0.481 e. The van der Waals surface area contributed by atoms with Crippen molar-refractivity contribution < 1.29 is 24.0 Å². The summed E-state index contributed by atoms with van der Waals surface area (Å²) in [5.41, 5.74) is 5.84. The molecule has 0 unspecified atom stereocenters. The Morgan fingerprint density at radius 1 is 0.782 bits per heavy atom. The van der Waals surface area contributed by atoms with Gasteiger partial charge < -0.3 is 14.7 Å². The van der Waals surface area contributed by atoms with Gasteiger partial charge in [0.1, 0.15) is 13.0 Å². The Morgan fingerprint density at radius 2 is 1.31 bits per heavy atom. The lowest BCUT2D eigenvalue weighted by molar-refractivity contribution is -0.435. The van der Waals surface area contributed by atoms with E-state index in [1.807, 2.05) is 36.4 Å². The molecule has 1 N–H and O–H groups in total. The Hall–Kier alpha value is -6.52. The van der Waals surface area contributed by atoms with Crippen LogP contribution in [0.1, 0.15) is 45.2 Å². The lowest BCUT2D eigenvalue weighted by Gasteiger charge is -2.27. The molecule has 2 aliphatic rings. The van der Waals surface area contributed by atoms with Crippen molar-refractivity contribution in [2.75, 3.05) is 24.6 Å². The first-order chi connectivity index (χ1) is 26.6. The molecule has 0 aromatic heterocycles. The van der Waals surface area contributed by atoms with Crippen LogP contribution in [0.15, 0.2) is 133 Å². The number of nitriles is 1. The first-order valence-corrected chi connectivity index (χ1v) is 18.7. The highest BCUT2D eigenvalue weighted by Crippen LogP contribution is 2.54. The lowest BCUT2D eigenvalue weighted by atomic mass is 9.77. The van der Waals surface area contributed by atoms with E-state index >= 15 is 0 Å². The van der Waals surface area contributed by atoms with Crippen LogP contribution in [0.2, 0.25) is 0 Å². The molecule has 6 aromatic rings. The molecule has 8 rings (SSSR count). The van der Waals surface area contributed by atoms with Crippen LogP contribution in [0, 0.1) is 11.3 Å². The van der Waals surface area contributed by atoms with Crippen LogP contribution in [0.25, 0.3) is 43.1 Å². The summed E-state index contributed by atoms with van der Waals surface area (Å²) in [6.07, 6.45) is 7.68. The average Bonchev–Trinajstić information content (AvgIpc) is 3.56. The van der Waals surface area contributed by atoms with Gasteiger partial charge in [0.05, 0.1) is 34.7 Å². The third-order valence-corrected chi connectivity index (χ3v) is 11.5. The molecule has 0 spiro atoms. The zero-order valence-electron chi connectivity index (χ0n) is 31.5. The summed E-state index contributed by atoms with van der Waals surface area (Å²) in [5, 5.41) is 29.5. The van der Waals surface area contributed by atoms with Gasteiger partial charge in [-0.05, 0) is 76.0 Å². The van der Waals surface area contributed by atoms with E-state index in [1.54, 1.807) is 0 Å². The van der Waals surface area contributed by atoms with E-state index in [9.17, 15) is 20.0 Å². The molecule has 0 amide bonds. The molecular formula is C48H42N3O4+. The van der Waals surface area contributed by atoms with Crippen molar-refractivity contribution in [3.05, 3.63) is 144 Å². The van der Waals surface area contributed by atoms with E-state index in [2.05, 4.69) is 128 Å². The number of hydrogen-bond acceptors (Lipinski definition) is 5. The minimum absolute atomic E-state index is 0.0380. The average molecular weight is 725 g/mol. The molecule has 7 heteroatoms. The summed E-state index contributed by atoms with van der Waals surface area (Å²) in [5.74, 6) is -0.868. The van der Waals surface area contributed by atoms with Gasteiger partial charge in [-0.2, -0.15) is 9.84 Å². The van der Waals surface area contributed by atoms with Gasteiger partial charge in [-0.25, -0.2) is 0 Å². The maximum atomic E-state index is 12.0. The third-order valence-electron chi connectivity index (χ3n) is 11.5. The highest BCUT2D eigenvalue weighted by molar-refractivity contribution is 6.19. The van der Waals surface area contributed by atoms with Gasteiger partial charge in [0, 0.05) is 28.1 Å². The van der Waals surface area contributed by atoms with E-state index in [4.69, 9.17) is 4.74 Å². The first-order valence-electron chi connectivity index (χ1n) is 18.7. The topological polar surface area (TPSA) is 93.6 Å². The quantitative estimate of drug-likeness (QED) is 0.0378. The van der Waals surface area contributed by atoms with Crippen LogP contribution in [0.3, 0.4) is 0 Å². The van der Waals surface area contributed by atoms with Gasteiger partial charge >= 0.3 is 5.97 Å². The zero-order valence-corrected chi connectivity index (χ0v) is 31.5. The minimum atomic E-state index is -0.868. The maximum absolute atomic E-state index is 12.0. The van der Waals surface area contributed by atoms with Crippen molar-refractivity contribution in [1.29, 1.82) is 5.26 Å². The summed E-state index contributed by atoms with van der Waals surface area (Å²) >= 11 is 0. The number of nitrogens with zero attached hydrogens (tertiary/aromatic N) is 3. The van der Waals surface area contributed by atoms with Crippen molar-refractivity contribution in [3.8, 4) is 6.07 Å². The molecule has 0 aliphatic carbocycles. The Bertz CT molecular complexity index is 2760. The second kappa shape index (κ2) is 13.7. The number of anilines is 1. The van der Waals surface area contributed by atoms with Crippen molar-refractivity contribution in [1.82, 2.24) is 0 Å². The first kappa shape index (κ1) is 35.5. The number of carbonyl (C=O) groups is 2. The molecule has 7 nitrogen and oxygen atoms in total. The molecule has 6 aromatic carbocycles. The van der Waals surface area contributed by atoms with Crippen LogP contribution in [0.5, 0.6) is 0 Å². The highest BCUT2D eigenvalue weighted by Gasteiger charge is 2.47. The number of carbonyl (C=O) groups excluding carboxylic acids is 1. The SMILES string of the molecule is CC1(C)C(/C=C/C(C#N)=C/C=C2\N(CCOC=O)c3c(c4ccccc4c4ccccc34)C2(C)C)=[N+](CCC(=O)O)c2c1c1ccccc1c1ccccc21. The van der Waals surface area contributed by atoms with E-state index in [0.717, 1.165) is 66.1 Å². The monoisotopic (exact) mass is 724 g/mol. The standard InChI is InChI=1S/C48H41N3O4/c1-47(2)40(50(26-25-42(53)54)45-38-19-11-7-15-34(38)32-13-5-9-17-36(32)43(45)47)23-21-31(29-49)22-24-41-48(3,4)44-37-18-10-6-14-33(37)35-16-8-12-20-39(35)46(44)51(41)27-28-55-30-52/h5-24,30H,25-28H2,1-4H3/p+1. The lowest BCUT2D eigenvalue weighted by Crippen LogP contribution is -2.29. The summed E-state index contributed by atoms with van der Waals surface area (Å²) in [4.78, 5) is 25.5. The zero-order chi connectivity index (χ0) is 38.5. The number of carboxylic acid groups (broad SMARTS) is 1. The molecule has 0 bridgehead atoms. The number of aliphatic carboxylic acids is 1. The third kappa shape index (κ3) is 5.68. The molecule has 0 atom stereocenters. The Balaban J connectivity index is 1.28. The maximum Gasteiger partial charge on any atom is 0.309 e. The van der Waals surface area contributed by atoms with Crippen LogP contribution < -0.4 is 4.90 Å². The van der Waals surface area contributed by atoms with E-state index < -0.39 is 16.8 Å². The van der Waals surface area contributed by atoms with E-state index in [0.29, 0.717) is 18.6 Å². The van der Waals surface area contributed by atoms with Crippen molar-refractivity contribution in [3.63, 3.8) is 0 Å². The number of allylic oxidation sites excluding steroid dienone is 6. The van der Waals surface area contributed by atoms with Crippen LogP contribution in [0.4, 0.5) is 11.4 Å². The molecule has 2 aliphatic heterocycles. The molecular weight excluding hydrogens is 683 g/mol. The summed E-state index contributed by atoms with van der Waals surface area (Å²) in [6.45, 7) is 10.2. The van der Waals surface area contributed by atoms with E-state index in [-0.39, 0.29) is 19.6 Å². The Kier molecular flexibility index (Phi) is 8.85. The second-order valence-electron chi connectivity index (χ2n) is 15.3. The number of rotatable bonds is 10. The van der Waals surface area contributed by atoms with Crippen molar-refractivity contribution in [2.45, 2.75) is 44.9 Å². The number of carboxylic acids is 1. The number of hydrogen-bond donors (Lipinski definition) is 1. The summed E-state index contributed by atoms with van der Waals surface area (Å²) in [7, 11) is 0. The predicted molar refractivity (Wildman–Crippen MR) is 221 cm³/mol. The molecule has 272 valence electrons. The molecule has 0 saturated carbocycles. The van der Waals surface area contributed by atoms with Gasteiger partial charge in [-0.15, -0.1) is 0 Å². The predicted octanol–water partition coefficient (Wildman–Crippen LogP) is 10.0. The summed E-state index contributed by atoms with van der Waals surface area (Å²) in [6, 6.07) is 36.0. The number of benzene rings is 6. The number of ether oxygens (including phenoxy) is 1. The normalized spacial score (nSPS) is 16.7. The van der Waals surface area contributed by atoms with Crippen LogP contribution in [-0.2, 0) is 25.2 Å². The molecule has 0 saturated heterocycles. The van der Waals surface area contributed by atoms with Gasteiger partial charge in [0.2, 0.25) is 5.69 Å². The fourth-order valence-electron chi connectivity index (χ4n) is 9.17. The Morgan fingerprint density at radius 3 is 1.89 bits per heavy atom. The largest absolute Gasteiger partial charge is 0.481 e. The molecule has 55 heavy (non-hydrogen) atoms. The fraction of sp³-hybridized carbons (Fsp3) is 0.208. The molecule has 0 radical (unpaired) electrons. The van der Waals surface area contributed by atoms with Gasteiger partial charge in [0.15, 0.2) is 12.3 Å². The fourth-order valence-corrected chi connectivity index (χ4v) is 9.17. The van der Waals surface area contributed by atoms with Crippen LogP contribution in [-0.4, -0.2) is 47.5 Å². The van der Waals surface area contributed by atoms with Crippen molar-refractivity contribution >= 4 is 72.6 Å². The van der Waals surface area contributed by atoms with Gasteiger partial charge in [-0.3, -0.25) is 9.59 Å². The molecule has 2 heterocycles. The smallest absolute Gasteiger partial charge is 0.309 e. The van der Waals surface area contributed by atoms with E-state index in [1.165, 1.54) is 10.9 Å². The Labute approximate surface area is 320 Å².